The molecule has 9 heteroatoms. The second kappa shape index (κ2) is 11.2. The van der Waals surface area contributed by atoms with E-state index in [2.05, 4.69) is 0 Å². The van der Waals surface area contributed by atoms with Crippen LogP contribution in [0.1, 0.15) is 6.42 Å². The summed E-state index contributed by atoms with van der Waals surface area (Å²) in [6.07, 6.45) is 0.994. The zero-order chi connectivity index (χ0) is 15.5. The van der Waals surface area contributed by atoms with E-state index in [4.69, 9.17) is 26.6 Å². The van der Waals surface area contributed by atoms with Crippen LogP contribution in [0, 0.1) is 0 Å². The lowest BCUT2D eigenvalue weighted by Crippen LogP contribution is -2.43. The smallest absolute Gasteiger partial charge is 0.377 e. The van der Waals surface area contributed by atoms with E-state index >= 15 is 0 Å². The van der Waals surface area contributed by atoms with E-state index < -0.39 is 17.6 Å². The van der Waals surface area contributed by atoms with Gasteiger partial charge in [-0.05, 0) is 17.9 Å². The SMILES string of the molecule is CO[Si](CCCSCC[Si](OC)(OC)OC)(OC)OC. The maximum atomic E-state index is 5.38. The fraction of sp³-hybridized carbons (Fsp3) is 1.00. The van der Waals surface area contributed by atoms with Crippen molar-refractivity contribution in [2.24, 2.45) is 0 Å². The average Bonchev–Trinajstić information content (AvgIpc) is 2.52. The largest absolute Gasteiger partial charge is 0.500 e. The highest BCUT2D eigenvalue weighted by molar-refractivity contribution is 7.99. The third kappa shape index (κ3) is 6.54. The molecule has 0 aromatic heterocycles. The molecule has 0 unspecified atom stereocenters. The van der Waals surface area contributed by atoms with Crippen LogP contribution in [0.5, 0.6) is 0 Å². The first kappa shape index (κ1) is 20.5. The van der Waals surface area contributed by atoms with Crippen LogP contribution in [0.2, 0.25) is 12.1 Å². The van der Waals surface area contributed by atoms with Crippen molar-refractivity contribution < 1.29 is 26.6 Å². The Kier molecular flexibility index (Phi) is 11.5. The molecule has 0 spiro atoms. The van der Waals surface area contributed by atoms with Crippen LogP contribution in [-0.2, 0) is 26.6 Å². The van der Waals surface area contributed by atoms with Gasteiger partial charge in [0.1, 0.15) is 0 Å². The number of hydrogen-bond donors (Lipinski definition) is 0. The lowest BCUT2D eigenvalue weighted by Gasteiger charge is -2.25. The van der Waals surface area contributed by atoms with Gasteiger partial charge in [0.2, 0.25) is 0 Å². The van der Waals surface area contributed by atoms with E-state index in [0.29, 0.717) is 0 Å². The van der Waals surface area contributed by atoms with E-state index in [1.54, 1.807) is 42.7 Å². The van der Waals surface area contributed by atoms with E-state index in [9.17, 15) is 0 Å². The normalized spacial score (nSPS) is 12.9. The average molecular weight is 345 g/mol. The quantitative estimate of drug-likeness (QED) is 0.373. The monoisotopic (exact) mass is 344 g/mol. The number of thioether (sulfide) groups is 1. The Bertz CT molecular complexity index is 198. The summed E-state index contributed by atoms with van der Waals surface area (Å²) in [4.78, 5) is 0. The first-order valence-corrected chi connectivity index (χ1v) is 11.5. The molecule has 0 heterocycles. The molecule has 0 rings (SSSR count). The summed E-state index contributed by atoms with van der Waals surface area (Å²) in [5.41, 5.74) is 0. The van der Waals surface area contributed by atoms with Gasteiger partial charge in [0.15, 0.2) is 0 Å². The summed E-state index contributed by atoms with van der Waals surface area (Å²) >= 11 is 1.85. The van der Waals surface area contributed by atoms with E-state index in [1.807, 2.05) is 11.8 Å². The minimum Gasteiger partial charge on any atom is -0.377 e. The first-order valence-electron chi connectivity index (χ1n) is 6.46. The van der Waals surface area contributed by atoms with Gasteiger partial charge in [0.25, 0.3) is 0 Å². The summed E-state index contributed by atoms with van der Waals surface area (Å²) in [6, 6.07) is 1.63. The second-order valence-electron chi connectivity index (χ2n) is 4.06. The fourth-order valence-corrected chi connectivity index (χ4v) is 7.02. The van der Waals surface area contributed by atoms with Crippen molar-refractivity contribution in [3.63, 3.8) is 0 Å². The maximum absolute atomic E-state index is 5.38. The van der Waals surface area contributed by atoms with Crippen molar-refractivity contribution in [1.82, 2.24) is 0 Å². The Balaban J connectivity index is 3.87. The Morgan fingerprint density at radius 2 is 1.00 bits per heavy atom. The molecule has 0 aromatic rings. The highest BCUT2D eigenvalue weighted by atomic mass is 32.2. The zero-order valence-corrected chi connectivity index (χ0v) is 16.2. The predicted molar refractivity (Wildman–Crippen MR) is 85.1 cm³/mol. The van der Waals surface area contributed by atoms with Crippen molar-refractivity contribution in [3.8, 4) is 0 Å². The molecular formula is C11H28O6SSi2. The van der Waals surface area contributed by atoms with Gasteiger partial charge in [-0.15, -0.1) is 0 Å². The summed E-state index contributed by atoms with van der Waals surface area (Å²) in [7, 11) is 5.00. The molecule has 0 atom stereocenters. The lowest BCUT2D eigenvalue weighted by atomic mass is 10.6. The van der Waals surface area contributed by atoms with E-state index in [1.165, 1.54) is 0 Å². The molecule has 0 aromatic carbocycles. The van der Waals surface area contributed by atoms with Gasteiger partial charge in [-0.2, -0.15) is 11.8 Å². The Hall–Kier alpha value is 0.544. The fourth-order valence-electron chi connectivity index (χ4n) is 1.80. The minimum atomic E-state index is -2.42. The highest BCUT2D eigenvalue weighted by Gasteiger charge is 2.38. The molecule has 122 valence electrons. The Morgan fingerprint density at radius 1 is 0.600 bits per heavy atom. The minimum absolute atomic E-state index is 0.808. The van der Waals surface area contributed by atoms with Crippen LogP contribution >= 0.6 is 11.8 Å². The van der Waals surface area contributed by atoms with Crippen molar-refractivity contribution in [1.29, 1.82) is 0 Å². The lowest BCUT2D eigenvalue weighted by molar-refractivity contribution is 0.123. The molecule has 0 aliphatic rings. The molecule has 20 heavy (non-hydrogen) atoms. The van der Waals surface area contributed by atoms with Gasteiger partial charge in [-0.25, -0.2) is 0 Å². The summed E-state index contributed by atoms with van der Waals surface area (Å²) in [6.45, 7) is 0. The van der Waals surface area contributed by atoms with Crippen molar-refractivity contribution >= 4 is 29.4 Å². The molecule has 0 saturated carbocycles. The van der Waals surface area contributed by atoms with Crippen molar-refractivity contribution in [2.45, 2.75) is 18.5 Å². The van der Waals surface area contributed by atoms with E-state index in [-0.39, 0.29) is 0 Å². The van der Waals surface area contributed by atoms with Crippen LogP contribution in [0.3, 0.4) is 0 Å². The van der Waals surface area contributed by atoms with Crippen LogP contribution in [-0.4, -0.2) is 71.8 Å². The molecule has 0 fully saturated rings. The van der Waals surface area contributed by atoms with Gasteiger partial charge < -0.3 is 26.6 Å². The standard InChI is InChI=1S/C11H28O6SSi2/c1-12-19(13-2,14-3)10-7-8-18-9-11-20(15-4,16-5)17-6/h7-11H2,1-6H3. The van der Waals surface area contributed by atoms with E-state index in [0.717, 1.165) is 30.0 Å². The molecule has 0 radical (unpaired) electrons. The third-order valence-corrected chi connectivity index (χ3v) is 10.2. The zero-order valence-electron chi connectivity index (χ0n) is 13.4. The molecule has 6 nitrogen and oxygen atoms in total. The maximum Gasteiger partial charge on any atom is 0.500 e. The molecule has 0 bridgehead atoms. The molecule has 0 N–H and O–H groups in total. The van der Waals surface area contributed by atoms with Crippen LogP contribution < -0.4 is 0 Å². The number of hydrogen-bond acceptors (Lipinski definition) is 7. The van der Waals surface area contributed by atoms with Crippen LogP contribution in [0.4, 0.5) is 0 Å². The molecule has 0 aliphatic carbocycles. The Labute approximate surface area is 129 Å². The summed E-state index contributed by atoms with van der Waals surface area (Å²) in [5.74, 6) is 1.97. The Morgan fingerprint density at radius 3 is 1.40 bits per heavy atom. The molecule has 0 amide bonds. The van der Waals surface area contributed by atoms with Gasteiger partial charge in [0.05, 0.1) is 0 Å². The third-order valence-electron chi connectivity index (χ3n) is 3.19. The van der Waals surface area contributed by atoms with Gasteiger partial charge in [0, 0.05) is 54.7 Å². The second-order valence-corrected chi connectivity index (χ2v) is 11.5. The molecule has 0 aliphatic heterocycles. The molecular weight excluding hydrogens is 316 g/mol. The summed E-state index contributed by atoms with van der Waals surface area (Å²) in [5, 5.41) is 0. The predicted octanol–water partition coefficient (Wildman–Crippen LogP) is 1.87. The first-order chi connectivity index (χ1) is 9.57. The van der Waals surface area contributed by atoms with Gasteiger partial charge in [-0.1, -0.05) is 0 Å². The van der Waals surface area contributed by atoms with Crippen molar-refractivity contribution in [3.05, 3.63) is 0 Å². The molecule has 0 saturated heterocycles. The van der Waals surface area contributed by atoms with Crippen LogP contribution in [0.25, 0.3) is 0 Å². The van der Waals surface area contributed by atoms with Gasteiger partial charge in [-0.3, -0.25) is 0 Å². The highest BCUT2D eigenvalue weighted by Crippen LogP contribution is 2.20. The summed E-state index contributed by atoms with van der Waals surface area (Å²) < 4.78 is 32.3. The number of rotatable bonds is 13. The van der Waals surface area contributed by atoms with Gasteiger partial charge >= 0.3 is 17.6 Å². The van der Waals surface area contributed by atoms with Crippen LogP contribution in [0.15, 0.2) is 0 Å². The topological polar surface area (TPSA) is 55.4 Å². The van der Waals surface area contributed by atoms with Crippen molar-refractivity contribution in [2.75, 3.05) is 54.2 Å².